The summed E-state index contributed by atoms with van der Waals surface area (Å²) in [5.74, 6) is -0.739. The van der Waals surface area contributed by atoms with E-state index in [9.17, 15) is 13.6 Å². The molecule has 98 valence electrons. The highest BCUT2D eigenvalue weighted by Gasteiger charge is 2.18. The van der Waals surface area contributed by atoms with Crippen molar-refractivity contribution in [1.29, 1.82) is 0 Å². The molecule has 0 spiro atoms. The van der Waals surface area contributed by atoms with Crippen LogP contribution in [-0.2, 0) is 12.0 Å². The maximum absolute atomic E-state index is 12.4. The summed E-state index contributed by atoms with van der Waals surface area (Å²) in [5.41, 5.74) is 1.62. The van der Waals surface area contributed by atoms with Gasteiger partial charge in [0.25, 0.3) is 6.43 Å². The zero-order valence-electron chi connectivity index (χ0n) is 10.5. The average Bonchev–Trinajstić information content (AvgIpc) is 2.53. The highest BCUT2D eigenvalue weighted by molar-refractivity contribution is 5.74. The summed E-state index contributed by atoms with van der Waals surface area (Å²) in [6.07, 6.45) is -2.58. The monoisotopic (exact) mass is 255 g/mol. The van der Waals surface area contributed by atoms with Gasteiger partial charge >= 0.3 is 5.76 Å². The number of fused-ring (bicyclic) bond motifs is 1. The van der Waals surface area contributed by atoms with Crippen molar-refractivity contribution < 1.29 is 13.2 Å². The van der Waals surface area contributed by atoms with Crippen molar-refractivity contribution >= 4 is 11.1 Å². The van der Waals surface area contributed by atoms with Gasteiger partial charge in [-0.05, 0) is 23.1 Å². The zero-order chi connectivity index (χ0) is 13.5. The van der Waals surface area contributed by atoms with E-state index in [1.165, 1.54) is 0 Å². The van der Waals surface area contributed by atoms with Crippen LogP contribution >= 0.6 is 0 Å². The van der Waals surface area contributed by atoms with Crippen molar-refractivity contribution in [1.82, 2.24) is 4.57 Å². The van der Waals surface area contributed by atoms with Gasteiger partial charge in [-0.3, -0.25) is 4.57 Å². The quantitative estimate of drug-likeness (QED) is 0.826. The molecule has 0 aliphatic carbocycles. The van der Waals surface area contributed by atoms with Crippen LogP contribution < -0.4 is 5.76 Å². The van der Waals surface area contributed by atoms with Gasteiger partial charge in [-0.25, -0.2) is 13.6 Å². The van der Waals surface area contributed by atoms with Gasteiger partial charge in [0.05, 0.1) is 12.1 Å². The number of hydrogen-bond donors (Lipinski definition) is 0. The molecule has 3 nitrogen and oxygen atoms in total. The van der Waals surface area contributed by atoms with Crippen LogP contribution in [-0.4, -0.2) is 11.0 Å². The summed E-state index contributed by atoms with van der Waals surface area (Å²) in [6, 6.07) is 5.24. The normalized spacial score (nSPS) is 12.6. The summed E-state index contributed by atoms with van der Waals surface area (Å²) in [5, 5.41) is 0. The van der Waals surface area contributed by atoms with E-state index in [1.54, 1.807) is 12.1 Å². The van der Waals surface area contributed by atoms with Crippen molar-refractivity contribution in [3.63, 3.8) is 0 Å². The lowest BCUT2D eigenvalue weighted by molar-refractivity contribution is 0.125. The number of halogens is 2. The van der Waals surface area contributed by atoms with Crippen molar-refractivity contribution in [3.05, 3.63) is 34.3 Å². The van der Waals surface area contributed by atoms with Gasteiger partial charge in [0.2, 0.25) is 0 Å². The Morgan fingerprint density at radius 3 is 2.56 bits per heavy atom. The summed E-state index contributed by atoms with van der Waals surface area (Å²) in [4.78, 5) is 11.5. The molecule has 0 fully saturated rings. The lowest BCUT2D eigenvalue weighted by atomic mass is 9.87. The van der Waals surface area contributed by atoms with Gasteiger partial charge in [-0.15, -0.1) is 0 Å². The Kier molecular flexibility index (Phi) is 3.00. The lowest BCUT2D eigenvalue weighted by Crippen LogP contribution is -2.19. The molecule has 0 bridgehead atoms. The maximum atomic E-state index is 12.4. The Labute approximate surface area is 103 Å². The molecule has 0 radical (unpaired) electrons. The molecule has 5 heteroatoms. The Bertz CT molecular complexity index is 620. The minimum atomic E-state index is -2.58. The first-order chi connectivity index (χ1) is 8.29. The fraction of sp³-hybridized carbons (Fsp3) is 0.462. The Balaban J connectivity index is 2.63. The second-order valence-corrected chi connectivity index (χ2v) is 5.30. The molecular weight excluding hydrogens is 240 g/mol. The number of oxazole rings is 1. The molecule has 2 rings (SSSR count). The molecule has 0 amide bonds. The molecule has 18 heavy (non-hydrogen) atoms. The maximum Gasteiger partial charge on any atom is 0.420 e. The molecule has 0 saturated heterocycles. The van der Waals surface area contributed by atoms with E-state index in [1.807, 2.05) is 26.8 Å². The number of hydrogen-bond acceptors (Lipinski definition) is 2. The van der Waals surface area contributed by atoms with Gasteiger partial charge in [0.1, 0.15) is 0 Å². The van der Waals surface area contributed by atoms with Gasteiger partial charge in [0.15, 0.2) is 5.58 Å². The van der Waals surface area contributed by atoms with Crippen LogP contribution in [0.5, 0.6) is 0 Å². The van der Waals surface area contributed by atoms with Crippen molar-refractivity contribution in [2.24, 2.45) is 0 Å². The topological polar surface area (TPSA) is 35.1 Å². The van der Waals surface area contributed by atoms with Crippen LogP contribution in [0.3, 0.4) is 0 Å². The zero-order valence-corrected chi connectivity index (χ0v) is 10.5. The van der Waals surface area contributed by atoms with E-state index in [-0.39, 0.29) is 5.41 Å². The molecule has 0 unspecified atom stereocenters. The van der Waals surface area contributed by atoms with Gasteiger partial charge < -0.3 is 4.42 Å². The predicted octanol–water partition coefficient (Wildman–Crippen LogP) is 3.16. The molecule has 1 aromatic carbocycles. The molecule has 0 saturated carbocycles. The van der Waals surface area contributed by atoms with Crippen molar-refractivity contribution in [3.8, 4) is 0 Å². The number of alkyl halides is 2. The van der Waals surface area contributed by atoms with E-state index in [0.717, 1.165) is 10.1 Å². The van der Waals surface area contributed by atoms with E-state index in [4.69, 9.17) is 4.42 Å². The largest absolute Gasteiger partial charge is 0.420 e. The molecule has 0 aliphatic rings. The van der Waals surface area contributed by atoms with Crippen LogP contribution in [0.1, 0.15) is 26.3 Å². The molecule has 0 N–H and O–H groups in total. The summed E-state index contributed by atoms with van der Waals surface area (Å²) in [6.45, 7) is 5.41. The second kappa shape index (κ2) is 4.23. The first kappa shape index (κ1) is 12.8. The minimum Gasteiger partial charge on any atom is -0.408 e. The lowest BCUT2D eigenvalue weighted by Gasteiger charge is -2.18. The number of benzene rings is 1. The standard InChI is InChI=1S/C13H15F2NO2/c1-13(2,3)8-4-5-10-9(6-8)16(7-11(14)15)12(17)18-10/h4-6,11H,7H2,1-3H3. The number of rotatable bonds is 2. The average molecular weight is 255 g/mol. The SMILES string of the molecule is CC(C)(C)c1ccc2oc(=O)n(CC(F)F)c2c1. The fourth-order valence-electron chi connectivity index (χ4n) is 1.84. The first-order valence-corrected chi connectivity index (χ1v) is 5.71. The molecule has 0 aliphatic heterocycles. The molecule has 2 aromatic rings. The van der Waals surface area contributed by atoms with Crippen molar-refractivity contribution in [2.45, 2.75) is 39.2 Å². The summed E-state index contributed by atoms with van der Waals surface area (Å²) < 4.78 is 30.8. The third-order valence-electron chi connectivity index (χ3n) is 2.85. The number of nitrogens with zero attached hydrogens (tertiary/aromatic N) is 1. The Hall–Kier alpha value is -1.65. The molecule has 1 aromatic heterocycles. The van der Waals surface area contributed by atoms with Crippen molar-refractivity contribution in [2.75, 3.05) is 0 Å². The van der Waals surface area contributed by atoms with E-state index in [2.05, 4.69) is 0 Å². The first-order valence-electron chi connectivity index (χ1n) is 5.71. The smallest absolute Gasteiger partial charge is 0.408 e. The van der Waals surface area contributed by atoms with Crippen LogP contribution in [0.25, 0.3) is 11.1 Å². The predicted molar refractivity (Wildman–Crippen MR) is 65.2 cm³/mol. The third-order valence-corrected chi connectivity index (χ3v) is 2.85. The Morgan fingerprint density at radius 1 is 1.33 bits per heavy atom. The Morgan fingerprint density at radius 2 is 2.00 bits per heavy atom. The van der Waals surface area contributed by atoms with Crippen LogP contribution in [0.4, 0.5) is 8.78 Å². The summed E-state index contributed by atoms with van der Waals surface area (Å²) >= 11 is 0. The van der Waals surface area contributed by atoms with Crippen LogP contribution in [0, 0.1) is 0 Å². The second-order valence-electron chi connectivity index (χ2n) is 5.30. The van der Waals surface area contributed by atoms with Gasteiger partial charge in [-0.1, -0.05) is 26.8 Å². The number of aromatic nitrogens is 1. The van der Waals surface area contributed by atoms with E-state index >= 15 is 0 Å². The fourth-order valence-corrected chi connectivity index (χ4v) is 1.84. The van der Waals surface area contributed by atoms with Gasteiger partial charge in [0, 0.05) is 0 Å². The minimum absolute atomic E-state index is 0.114. The van der Waals surface area contributed by atoms with Crippen LogP contribution in [0.2, 0.25) is 0 Å². The van der Waals surface area contributed by atoms with Gasteiger partial charge in [-0.2, -0.15) is 0 Å². The third kappa shape index (κ3) is 2.30. The highest BCUT2D eigenvalue weighted by Crippen LogP contribution is 2.25. The molecule has 0 atom stereocenters. The van der Waals surface area contributed by atoms with E-state index < -0.39 is 18.7 Å². The molecular formula is C13H15F2NO2. The van der Waals surface area contributed by atoms with Crippen LogP contribution in [0.15, 0.2) is 27.4 Å². The van der Waals surface area contributed by atoms with E-state index in [0.29, 0.717) is 11.1 Å². The summed E-state index contributed by atoms with van der Waals surface area (Å²) in [7, 11) is 0. The highest BCUT2D eigenvalue weighted by atomic mass is 19.3. The molecule has 1 heterocycles.